The van der Waals surface area contributed by atoms with Gasteiger partial charge in [-0.15, -0.1) is 0 Å². The number of nitrogens with zero attached hydrogens (tertiary/aromatic N) is 1. The van der Waals surface area contributed by atoms with Gasteiger partial charge in [-0.05, 0) is 17.5 Å². The lowest BCUT2D eigenvalue weighted by atomic mass is 9.84. The monoisotopic (exact) mass is 216 g/mol. The van der Waals surface area contributed by atoms with E-state index in [1.165, 1.54) is 7.41 Å². The Bertz CT molecular complexity index is 421. The van der Waals surface area contributed by atoms with Gasteiger partial charge in [0.2, 0.25) is 0 Å². The lowest BCUT2D eigenvalue weighted by Gasteiger charge is -2.32. The average molecular weight is 216 g/mol. The number of hydrogen-bond donors (Lipinski definition) is 1. The van der Waals surface area contributed by atoms with Gasteiger partial charge in [-0.25, -0.2) is 0 Å². The van der Waals surface area contributed by atoms with Gasteiger partial charge < -0.3 is 14.7 Å². The topological polar surface area (TPSA) is 57.6 Å². The Morgan fingerprint density at radius 2 is 2.12 bits per heavy atom. The van der Waals surface area contributed by atoms with Crippen LogP contribution in [0.25, 0.3) is 0 Å². The fourth-order valence-electron chi connectivity index (χ4n) is 2.01. The van der Waals surface area contributed by atoms with Crippen LogP contribution in [0.3, 0.4) is 0 Å². The Kier molecular flexibility index (Phi) is 3.06. The van der Waals surface area contributed by atoms with Crippen molar-refractivity contribution in [2.24, 2.45) is 0 Å². The number of rotatable bonds is 3. The van der Waals surface area contributed by atoms with Crippen LogP contribution in [0, 0.1) is 0 Å². The summed E-state index contributed by atoms with van der Waals surface area (Å²) in [7, 11) is 1.30. The lowest BCUT2D eigenvalue weighted by Crippen LogP contribution is -2.47. The molecule has 0 aliphatic carbocycles. The first kappa shape index (κ1) is 10.9. The van der Waals surface area contributed by atoms with Gasteiger partial charge in [-0.2, -0.15) is 0 Å². The Morgan fingerprint density at radius 3 is 2.75 bits per heavy atom. The van der Waals surface area contributed by atoms with Crippen LogP contribution in [-0.4, -0.2) is 35.5 Å². The maximum absolute atomic E-state index is 11.1. The van der Waals surface area contributed by atoms with Gasteiger partial charge in [0.1, 0.15) is 6.04 Å². The molecule has 5 heteroatoms. The molecule has 0 amide bonds. The third-order valence-corrected chi connectivity index (χ3v) is 2.82. The van der Waals surface area contributed by atoms with Crippen molar-refractivity contribution in [1.29, 1.82) is 0 Å². The number of fused-ring (bicyclic) bond motifs is 1. The van der Waals surface area contributed by atoms with E-state index in [1.54, 1.807) is 4.81 Å². The van der Waals surface area contributed by atoms with Crippen molar-refractivity contribution in [3.05, 3.63) is 35.4 Å². The summed E-state index contributed by atoms with van der Waals surface area (Å²) in [4.78, 5) is 23.1. The van der Waals surface area contributed by atoms with Crippen molar-refractivity contribution < 1.29 is 14.7 Å². The summed E-state index contributed by atoms with van der Waals surface area (Å²) in [6.07, 6.45) is 1.07. The Balaban J connectivity index is 2.29. The molecule has 0 spiro atoms. The molecule has 0 aromatic heterocycles. The second-order valence-corrected chi connectivity index (χ2v) is 3.78. The van der Waals surface area contributed by atoms with Crippen LogP contribution in [0.4, 0.5) is 0 Å². The highest BCUT2D eigenvalue weighted by Gasteiger charge is 2.30. The molecular formula is C11H11BNO3. The zero-order valence-electron chi connectivity index (χ0n) is 8.67. The molecule has 0 fully saturated rings. The second kappa shape index (κ2) is 4.49. The first-order valence-electron chi connectivity index (χ1n) is 5.06. The number of carbonyl (C=O) groups excluding carboxylic acids is 1. The molecule has 1 aliphatic heterocycles. The van der Waals surface area contributed by atoms with E-state index in [-0.39, 0.29) is 0 Å². The highest BCUT2D eigenvalue weighted by atomic mass is 16.4. The predicted molar refractivity (Wildman–Crippen MR) is 59.6 cm³/mol. The van der Waals surface area contributed by atoms with Crippen LogP contribution in [0.2, 0.25) is 0 Å². The molecule has 4 nitrogen and oxygen atoms in total. The first-order valence-corrected chi connectivity index (χ1v) is 5.06. The first-order chi connectivity index (χ1) is 7.72. The van der Waals surface area contributed by atoms with E-state index in [1.807, 2.05) is 24.3 Å². The normalized spacial score (nSPS) is 19.9. The molecule has 1 atom stereocenters. The van der Waals surface area contributed by atoms with Crippen molar-refractivity contribution in [2.75, 3.05) is 0 Å². The maximum Gasteiger partial charge on any atom is 0.320 e. The number of benzene rings is 1. The fraction of sp³-hybridized carbons (Fsp3) is 0.273. The van der Waals surface area contributed by atoms with Crippen LogP contribution in [-0.2, 0) is 22.6 Å². The predicted octanol–water partition coefficient (Wildman–Crippen LogP) is 0.307. The molecule has 1 aliphatic rings. The number of carboxylic acid groups (broad SMARTS) is 1. The van der Waals surface area contributed by atoms with E-state index < -0.39 is 12.0 Å². The molecule has 1 aromatic carbocycles. The van der Waals surface area contributed by atoms with Gasteiger partial charge in [0.05, 0.1) is 6.19 Å². The Morgan fingerprint density at radius 1 is 1.44 bits per heavy atom. The minimum absolute atomic E-state index is 0.440. The zero-order valence-corrected chi connectivity index (χ0v) is 8.67. The lowest BCUT2D eigenvalue weighted by molar-refractivity contribution is -0.141. The largest absolute Gasteiger partial charge is 0.480 e. The standard InChI is InChI=1S/C11H11BNO3/c14-7-12-13-6-9-4-2-1-3-8(9)5-10(13)11(15)16/h1-4,7,10H,5-6H2,(H,15,16)/t10-/m1/s1. The fourth-order valence-corrected chi connectivity index (χ4v) is 2.01. The van der Waals surface area contributed by atoms with Crippen LogP contribution < -0.4 is 0 Å². The SMILES string of the molecule is O=C[B]N1Cc2ccccc2C[C@@H]1C(=O)O. The molecule has 0 bridgehead atoms. The second-order valence-electron chi connectivity index (χ2n) is 3.78. The van der Waals surface area contributed by atoms with Crippen molar-refractivity contribution in [1.82, 2.24) is 4.81 Å². The zero-order chi connectivity index (χ0) is 11.5. The van der Waals surface area contributed by atoms with Crippen molar-refractivity contribution >= 4 is 19.6 Å². The van der Waals surface area contributed by atoms with Gasteiger partial charge in [-0.1, -0.05) is 24.3 Å². The molecule has 2 rings (SSSR count). The molecule has 81 valence electrons. The summed E-state index contributed by atoms with van der Waals surface area (Å²) in [5, 5.41) is 9.08. The Hall–Kier alpha value is -1.62. The molecule has 1 aromatic rings. The number of carboxylic acids is 1. The molecule has 1 heterocycles. The van der Waals surface area contributed by atoms with E-state index >= 15 is 0 Å². The van der Waals surface area contributed by atoms with Gasteiger partial charge in [0.15, 0.2) is 0 Å². The third kappa shape index (κ3) is 1.99. The summed E-state index contributed by atoms with van der Waals surface area (Å²) in [6, 6.07) is 7.07. The average Bonchev–Trinajstić information content (AvgIpc) is 2.28. The van der Waals surface area contributed by atoms with Crippen LogP contribution in [0.5, 0.6) is 0 Å². The minimum Gasteiger partial charge on any atom is -0.480 e. The van der Waals surface area contributed by atoms with Gasteiger partial charge >= 0.3 is 5.97 Å². The molecular weight excluding hydrogens is 205 g/mol. The molecule has 1 radical (unpaired) electrons. The summed E-state index contributed by atoms with van der Waals surface area (Å²) in [6.45, 7) is 0.478. The van der Waals surface area contributed by atoms with E-state index in [9.17, 15) is 9.59 Å². The highest BCUT2D eigenvalue weighted by molar-refractivity contribution is 6.64. The van der Waals surface area contributed by atoms with Crippen molar-refractivity contribution in [3.8, 4) is 0 Å². The van der Waals surface area contributed by atoms with Crippen molar-refractivity contribution in [3.63, 3.8) is 0 Å². The smallest absolute Gasteiger partial charge is 0.320 e. The van der Waals surface area contributed by atoms with Gasteiger partial charge in [0, 0.05) is 6.54 Å². The number of carbonyl (C=O) groups is 2. The third-order valence-electron chi connectivity index (χ3n) is 2.82. The quantitative estimate of drug-likeness (QED) is 0.583. The summed E-state index contributed by atoms with van der Waals surface area (Å²) in [5.74, 6) is -0.896. The van der Waals surface area contributed by atoms with Gasteiger partial charge in [0.25, 0.3) is 7.41 Å². The van der Waals surface area contributed by atoms with E-state index in [0.29, 0.717) is 19.2 Å². The number of aliphatic carboxylic acids is 1. The number of hydrogen-bond acceptors (Lipinski definition) is 3. The molecule has 0 saturated carbocycles. The highest BCUT2D eigenvalue weighted by Crippen LogP contribution is 2.22. The molecule has 0 unspecified atom stereocenters. The summed E-state index contributed by atoms with van der Waals surface area (Å²) >= 11 is 0. The van der Waals surface area contributed by atoms with E-state index in [0.717, 1.165) is 11.1 Å². The van der Waals surface area contributed by atoms with Crippen LogP contribution in [0.1, 0.15) is 11.1 Å². The minimum atomic E-state index is -0.896. The Labute approximate surface area is 94.1 Å². The van der Waals surface area contributed by atoms with Gasteiger partial charge in [-0.3, -0.25) is 4.79 Å². The van der Waals surface area contributed by atoms with E-state index in [4.69, 9.17) is 5.11 Å². The summed E-state index contributed by atoms with van der Waals surface area (Å²) in [5.41, 5.74) is 2.13. The molecule has 1 N–H and O–H groups in total. The summed E-state index contributed by atoms with van der Waals surface area (Å²) < 4.78 is 0. The van der Waals surface area contributed by atoms with E-state index in [2.05, 4.69) is 0 Å². The van der Waals surface area contributed by atoms with Crippen molar-refractivity contribution in [2.45, 2.75) is 19.0 Å². The maximum atomic E-state index is 11.1. The van der Waals surface area contributed by atoms with Crippen LogP contribution in [0.15, 0.2) is 24.3 Å². The molecule has 0 saturated heterocycles. The van der Waals surface area contributed by atoms with Crippen LogP contribution >= 0.6 is 0 Å². The molecule has 16 heavy (non-hydrogen) atoms.